The molecule has 1 aromatic rings. The van der Waals surface area contributed by atoms with E-state index < -0.39 is 0 Å². The summed E-state index contributed by atoms with van der Waals surface area (Å²) in [4.78, 5) is 12.9. The molecule has 106 valence electrons. The van der Waals surface area contributed by atoms with Crippen LogP contribution >= 0.6 is 11.8 Å². The van der Waals surface area contributed by atoms with Crippen molar-refractivity contribution in [1.82, 2.24) is 5.32 Å². The van der Waals surface area contributed by atoms with Gasteiger partial charge in [0.25, 0.3) is 0 Å². The van der Waals surface area contributed by atoms with Crippen LogP contribution in [0.2, 0.25) is 0 Å². The number of thioether (sulfide) groups is 1. The molecule has 0 bridgehead atoms. The predicted octanol–water partition coefficient (Wildman–Crippen LogP) is 3.40. The van der Waals surface area contributed by atoms with Crippen molar-refractivity contribution in [2.24, 2.45) is 0 Å². The van der Waals surface area contributed by atoms with Crippen LogP contribution < -0.4 is 5.32 Å². The Balaban J connectivity index is 2.68. The minimum Gasteiger partial charge on any atom is -0.465 e. The second kappa shape index (κ2) is 8.23. The lowest BCUT2D eigenvalue weighted by Crippen LogP contribution is -2.19. The Morgan fingerprint density at radius 2 is 1.95 bits per heavy atom. The molecule has 0 saturated heterocycles. The van der Waals surface area contributed by atoms with Gasteiger partial charge in [0.15, 0.2) is 0 Å². The van der Waals surface area contributed by atoms with Gasteiger partial charge in [-0.15, -0.1) is 11.8 Å². The zero-order valence-electron chi connectivity index (χ0n) is 12.1. The van der Waals surface area contributed by atoms with Gasteiger partial charge in [0.1, 0.15) is 5.25 Å². The molecule has 19 heavy (non-hydrogen) atoms. The molecule has 4 heteroatoms. The second-order valence-electron chi connectivity index (χ2n) is 4.35. The molecule has 1 rings (SSSR count). The molecule has 1 aromatic carbocycles. The number of hydrogen-bond donors (Lipinski definition) is 1. The molecule has 2 unspecified atom stereocenters. The largest absolute Gasteiger partial charge is 0.465 e. The van der Waals surface area contributed by atoms with Crippen LogP contribution in [0.1, 0.15) is 38.8 Å². The first kappa shape index (κ1) is 16.1. The van der Waals surface area contributed by atoms with Gasteiger partial charge in [-0.25, -0.2) is 0 Å². The number of ether oxygens (including phenoxy) is 1. The smallest absolute Gasteiger partial charge is 0.319 e. The highest BCUT2D eigenvalue weighted by molar-refractivity contribution is 8.00. The van der Waals surface area contributed by atoms with E-state index in [1.165, 1.54) is 5.56 Å². The highest BCUT2D eigenvalue weighted by Crippen LogP contribution is 2.27. The SMILES string of the molecule is CCOC(=O)C(CC)Sc1ccc(C(C)NC)cc1. The second-order valence-corrected chi connectivity index (χ2v) is 5.62. The Morgan fingerprint density at radius 3 is 2.42 bits per heavy atom. The first-order chi connectivity index (χ1) is 9.12. The maximum Gasteiger partial charge on any atom is 0.319 e. The van der Waals surface area contributed by atoms with Gasteiger partial charge in [-0.1, -0.05) is 19.1 Å². The molecule has 0 heterocycles. The van der Waals surface area contributed by atoms with Gasteiger partial charge in [0.05, 0.1) is 6.61 Å². The van der Waals surface area contributed by atoms with Gasteiger partial charge in [-0.2, -0.15) is 0 Å². The fourth-order valence-corrected chi connectivity index (χ4v) is 2.65. The number of carbonyl (C=O) groups excluding carboxylic acids is 1. The highest BCUT2D eigenvalue weighted by atomic mass is 32.2. The number of nitrogens with one attached hydrogen (secondary N) is 1. The molecule has 0 fully saturated rings. The van der Waals surface area contributed by atoms with Crippen LogP contribution in [-0.2, 0) is 9.53 Å². The summed E-state index contributed by atoms with van der Waals surface area (Å²) in [7, 11) is 1.95. The Kier molecular flexibility index (Phi) is 6.95. The van der Waals surface area contributed by atoms with Crippen molar-refractivity contribution in [1.29, 1.82) is 0 Å². The first-order valence-corrected chi connectivity index (χ1v) is 7.60. The lowest BCUT2D eigenvalue weighted by molar-refractivity contribution is -0.142. The maximum absolute atomic E-state index is 11.7. The summed E-state index contributed by atoms with van der Waals surface area (Å²) >= 11 is 1.57. The standard InChI is InChI=1S/C15H23NO2S/c1-5-14(15(17)18-6-2)19-13-9-7-12(8-10-13)11(3)16-4/h7-11,14,16H,5-6H2,1-4H3. The van der Waals surface area contributed by atoms with E-state index in [-0.39, 0.29) is 11.2 Å². The van der Waals surface area contributed by atoms with Crippen molar-refractivity contribution in [3.63, 3.8) is 0 Å². The molecule has 0 amide bonds. The van der Waals surface area contributed by atoms with E-state index in [4.69, 9.17) is 4.74 Å². The highest BCUT2D eigenvalue weighted by Gasteiger charge is 2.18. The lowest BCUT2D eigenvalue weighted by Gasteiger charge is -2.14. The zero-order valence-corrected chi connectivity index (χ0v) is 12.9. The normalized spacial score (nSPS) is 13.9. The molecule has 2 atom stereocenters. The average Bonchev–Trinajstić information content (AvgIpc) is 2.44. The van der Waals surface area contributed by atoms with Crippen molar-refractivity contribution in [2.75, 3.05) is 13.7 Å². The molecule has 0 saturated carbocycles. The minimum atomic E-state index is -0.123. The molecular formula is C15H23NO2S. The number of carbonyl (C=O) groups is 1. The van der Waals surface area contributed by atoms with E-state index >= 15 is 0 Å². The van der Waals surface area contributed by atoms with Crippen molar-refractivity contribution in [3.05, 3.63) is 29.8 Å². The molecule has 0 aliphatic rings. The van der Waals surface area contributed by atoms with Crippen LogP contribution in [0, 0.1) is 0 Å². The molecular weight excluding hydrogens is 258 g/mol. The fraction of sp³-hybridized carbons (Fsp3) is 0.533. The summed E-state index contributed by atoms with van der Waals surface area (Å²) < 4.78 is 5.08. The summed E-state index contributed by atoms with van der Waals surface area (Å²) in [6.45, 7) is 6.40. The summed E-state index contributed by atoms with van der Waals surface area (Å²) in [5, 5.41) is 3.09. The monoisotopic (exact) mass is 281 g/mol. The number of benzene rings is 1. The van der Waals surface area contributed by atoms with Gasteiger partial charge in [0.2, 0.25) is 0 Å². The Labute approximate surface area is 120 Å². The molecule has 0 radical (unpaired) electrons. The molecule has 0 aromatic heterocycles. The third-order valence-corrected chi connectivity index (χ3v) is 4.37. The van der Waals surface area contributed by atoms with Crippen LogP contribution in [0.3, 0.4) is 0 Å². The first-order valence-electron chi connectivity index (χ1n) is 6.72. The topological polar surface area (TPSA) is 38.3 Å². The Hall–Kier alpha value is -1.00. The summed E-state index contributed by atoms with van der Waals surface area (Å²) in [5.41, 5.74) is 1.25. The van der Waals surface area contributed by atoms with Crippen molar-refractivity contribution in [3.8, 4) is 0 Å². The summed E-state index contributed by atoms with van der Waals surface area (Å²) in [6.07, 6.45) is 0.776. The molecule has 3 nitrogen and oxygen atoms in total. The van der Waals surface area contributed by atoms with E-state index in [1.54, 1.807) is 11.8 Å². The van der Waals surface area contributed by atoms with Crippen molar-refractivity contribution < 1.29 is 9.53 Å². The van der Waals surface area contributed by atoms with E-state index in [0.717, 1.165) is 11.3 Å². The van der Waals surface area contributed by atoms with Crippen molar-refractivity contribution in [2.45, 2.75) is 43.4 Å². The molecule has 0 aliphatic carbocycles. The lowest BCUT2D eigenvalue weighted by atomic mass is 10.1. The molecule has 0 aliphatic heterocycles. The van der Waals surface area contributed by atoms with E-state index in [0.29, 0.717) is 12.6 Å². The van der Waals surface area contributed by atoms with Crippen LogP contribution in [0.25, 0.3) is 0 Å². The van der Waals surface area contributed by atoms with Crippen LogP contribution in [0.4, 0.5) is 0 Å². The summed E-state index contributed by atoms with van der Waals surface area (Å²) in [6, 6.07) is 8.67. The van der Waals surface area contributed by atoms with Gasteiger partial charge >= 0.3 is 5.97 Å². The van der Waals surface area contributed by atoms with E-state index in [9.17, 15) is 4.79 Å². The number of hydrogen-bond acceptors (Lipinski definition) is 4. The van der Waals surface area contributed by atoms with E-state index in [2.05, 4.69) is 36.5 Å². The number of rotatable bonds is 7. The Morgan fingerprint density at radius 1 is 1.32 bits per heavy atom. The van der Waals surface area contributed by atoms with Gasteiger partial charge < -0.3 is 10.1 Å². The minimum absolute atomic E-state index is 0.118. The van der Waals surface area contributed by atoms with Crippen LogP contribution in [-0.4, -0.2) is 24.9 Å². The fourth-order valence-electron chi connectivity index (χ4n) is 1.70. The summed E-state index contributed by atoms with van der Waals surface area (Å²) in [5.74, 6) is -0.123. The number of esters is 1. The third-order valence-electron chi connectivity index (χ3n) is 3.01. The van der Waals surface area contributed by atoms with E-state index in [1.807, 2.05) is 20.9 Å². The third kappa shape index (κ3) is 4.88. The maximum atomic E-state index is 11.7. The predicted molar refractivity (Wildman–Crippen MR) is 80.5 cm³/mol. The quantitative estimate of drug-likeness (QED) is 0.614. The van der Waals surface area contributed by atoms with Crippen LogP contribution in [0.5, 0.6) is 0 Å². The zero-order chi connectivity index (χ0) is 14.3. The average molecular weight is 281 g/mol. The molecule has 1 N–H and O–H groups in total. The van der Waals surface area contributed by atoms with Crippen molar-refractivity contribution >= 4 is 17.7 Å². The van der Waals surface area contributed by atoms with Crippen LogP contribution in [0.15, 0.2) is 29.2 Å². The molecule has 0 spiro atoms. The Bertz CT molecular complexity index is 392. The van der Waals surface area contributed by atoms with Gasteiger partial charge in [0, 0.05) is 10.9 Å². The van der Waals surface area contributed by atoms with Gasteiger partial charge in [-0.05, 0) is 45.0 Å². The van der Waals surface area contributed by atoms with Gasteiger partial charge in [-0.3, -0.25) is 4.79 Å².